The Morgan fingerprint density at radius 3 is 2.47 bits per heavy atom. The quantitative estimate of drug-likeness (QED) is 0.902. The Morgan fingerprint density at radius 1 is 1.11 bits per heavy atom. The fraction of sp³-hybridized carbons (Fsp3) is 0.133. The number of hydrogen-bond acceptors (Lipinski definition) is 2. The average molecular weight is 321 g/mol. The van der Waals surface area contributed by atoms with Crippen LogP contribution in [-0.4, -0.2) is 11.1 Å². The van der Waals surface area contributed by atoms with E-state index < -0.39 is 5.97 Å². The van der Waals surface area contributed by atoms with E-state index >= 15 is 0 Å². The normalized spacial score (nSPS) is 10.3. The summed E-state index contributed by atoms with van der Waals surface area (Å²) < 4.78 is 6.76. The van der Waals surface area contributed by atoms with Crippen LogP contribution in [0.25, 0.3) is 0 Å². The molecule has 0 aliphatic heterocycles. The second-order valence-electron chi connectivity index (χ2n) is 4.30. The van der Waals surface area contributed by atoms with Crippen LogP contribution in [0.2, 0.25) is 0 Å². The highest BCUT2D eigenvalue weighted by atomic mass is 79.9. The molecule has 4 heteroatoms. The standard InChI is InChI=1S/C15H13BrO3/c1-9-3-4-11(15(17)18)8-14(9)19-12-5-6-13(16)10(2)7-12/h3-8H,1-2H3,(H,17,18). The van der Waals surface area contributed by atoms with Crippen LogP contribution in [0.5, 0.6) is 11.5 Å². The number of rotatable bonds is 3. The van der Waals surface area contributed by atoms with Gasteiger partial charge in [0.05, 0.1) is 5.56 Å². The molecule has 0 bridgehead atoms. The van der Waals surface area contributed by atoms with Gasteiger partial charge in [-0.2, -0.15) is 0 Å². The number of ether oxygens (including phenoxy) is 1. The highest BCUT2D eigenvalue weighted by Gasteiger charge is 2.08. The lowest BCUT2D eigenvalue weighted by molar-refractivity contribution is 0.0696. The maximum Gasteiger partial charge on any atom is 0.335 e. The molecular formula is C15H13BrO3. The van der Waals surface area contributed by atoms with Gasteiger partial charge in [-0.1, -0.05) is 22.0 Å². The Kier molecular flexibility index (Phi) is 3.90. The van der Waals surface area contributed by atoms with E-state index in [-0.39, 0.29) is 5.56 Å². The van der Waals surface area contributed by atoms with E-state index in [0.29, 0.717) is 11.5 Å². The maximum atomic E-state index is 11.0. The number of carbonyl (C=O) groups is 1. The smallest absolute Gasteiger partial charge is 0.335 e. The first kappa shape index (κ1) is 13.6. The number of halogens is 1. The van der Waals surface area contributed by atoms with Gasteiger partial charge in [0, 0.05) is 4.47 Å². The first-order valence-corrected chi connectivity index (χ1v) is 6.54. The summed E-state index contributed by atoms with van der Waals surface area (Å²) in [6, 6.07) is 10.5. The Bertz CT molecular complexity index is 635. The number of benzene rings is 2. The van der Waals surface area contributed by atoms with E-state index in [1.165, 1.54) is 6.07 Å². The van der Waals surface area contributed by atoms with Crippen molar-refractivity contribution in [1.82, 2.24) is 0 Å². The van der Waals surface area contributed by atoms with Crippen LogP contribution in [0, 0.1) is 13.8 Å². The summed E-state index contributed by atoms with van der Waals surface area (Å²) in [5, 5.41) is 8.98. The van der Waals surface area contributed by atoms with E-state index in [1.807, 2.05) is 32.0 Å². The Hall–Kier alpha value is -1.81. The first-order valence-electron chi connectivity index (χ1n) is 5.75. The molecule has 0 aliphatic carbocycles. The van der Waals surface area contributed by atoms with Crippen molar-refractivity contribution in [2.75, 3.05) is 0 Å². The topological polar surface area (TPSA) is 46.5 Å². The number of carboxylic acid groups (broad SMARTS) is 1. The molecule has 0 fully saturated rings. The second kappa shape index (κ2) is 5.45. The van der Waals surface area contributed by atoms with Crippen molar-refractivity contribution in [3.05, 3.63) is 57.6 Å². The van der Waals surface area contributed by atoms with Gasteiger partial charge in [0.15, 0.2) is 0 Å². The van der Waals surface area contributed by atoms with Crippen LogP contribution in [0.4, 0.5) is 0 Å². The summed E-state index contributed by atoms with van der Waals surface area (Å²) >= 11 is 3.43. The van der Waals surface area contributed by atoms with Crippen molar-refractivity contribution in [3.8, 4) is 11.5 Å². The lowest BCUT2D eigenvalue weighted by atomic mass is 10.1. The van der Waals surface area contributed by atoms with Crippen LogP contribution < -0.4 is 4.74 Å². The van der Waals surface area contributed by atoms with Gasteiger partial charge in [-0.3, -0.25) is 0 Å². The van der Waals surface area contributed by atoms with Gasteiger partial charge in [-0.15, -0.1) is 0 Å². The zero-order valence-electron chi connectivity index (χ0n) is 10.6. The van der Waals surface area contributed by atoms with E-state index in [1.54, 1.807) is 12.1 Å². The van der Waals surface area contributed by atoms with Gasteiger partial charge >= 0.3 is 5.97 Å². The molecule has 0 saturated carbocycles. The van der Waals surface area contributed by atoms with E-state index in [0.717, 1.165) is 15.6 Å². The average Bonchev–Trinajstić information content (AvgIpc) is 2.36. The molecule has 19 heavy (non-hydrogen) atoms. The van der Waals surface area contributed by atoms with Crippen molar-refractivity contribution in [1.29, 1.82) is 0 Å². The van der Waals surface area contributed by atoms with Crippen LogP contribution in [0.15, 0.2) is 40.9 Å². The van der Waals surface area contributed by atoms with Gasteiger partial charge in [0.1, 0.15) is 11.5 Å². The molecule has 0 spiro atoms. The molecule has 1 N–H and O–H groups in total. The molecule has 98 valence electrons. The molecule has 0 atom stereocenters. The fourth-order valence-corrected chi connectivity index (χ4v) is 1.90. The minimum absolute atomic E-state index is 0.217. The summed E-state index contributed by atoms with van der Waals surface area (Å²) in [6.07, 6.45) is 0. The number of carboxylic acids is 1. The molecule has 0 unspecified atom stereocenters. The lowest BCUT2D eigenvalue weighted by Gasteiger charge is -2.10. The molecule has 0 aromatic heterocycles. The van der Waals surface area contributed by atoms with Crippen molar-refractivity contribution in [2.45, 2.75) is 13.8 Å². The summed E-state index contributed by atoms with van der Waals surface area (Å²) in [5.74, 6) is 0.282. The van der Waals surface area contributed by atoms with Gasteiger partial charge in [-0.05, 0) is 55.3 Å². The van der Waals surface area contributed by atoms with Crippen molar-refractivity contribution in [3.63, 3.8) is 0 Å². The molecule has 2 aromatic rings. The van der Waals surface area contributed by atoms with E-state index in [9.17, 15) is 4.79 Å². The molecule has 2 aromatic carbocycles. The third-order valence-corrected chi connectivity index (χ3v) is 3.68. The predicted molar refractivity (Wildman–Crippen MR) is 77.1 cm³/mol. The predicted octanol–water partition coefficient (Wildman–Crippen LogP) is 4.56. The van der Waals surface area contributed by atoms with Gasteiger partial charge in [-0.25, -0.2) is 4.79 Å². The Balaban J connectivity index is 2.34. The van der Waals surface area contributed by atoms with Crippen LogP contribution >= 0.6 is 15.9 Å². The third-order valence-electron chi connectivity index (χ3n) is 2.79. The van der Waals surface area contributed by atoms with Crippen LogP contribution in [0.3, 0.4) is 0 Å². The summed E-state index contributed by atoms with van der Waals surface area (Å²) in [5.41, 5.74) is 2.17. The SMILES string of the molecule is Cc1cc(Oc2cc(C(=O)O)ccc2C)ccc1Br. The van der Waals surface area contributed by atoms with Crippen LogP contribution in [0.1, 0.15) is 21.5 Å². The molecule has 0 heterocycles. The monoisotopic (exact) mass is 320 g/mol. The number of aromatic carboxylic acids is 1. The fourth-order valence-electron chi connectivity index (χ4n) is 1.65. The van der Waals surface area contributed by atoms with Gasteiger partial charge in [0.2, 0.25) is 0 Å². The largest absolute Gasteiger partial charge is 0.478 e. The second-order valence-corrected chi connectivity index (χ2v) is 5.15. The van der Waals surface area contributed by atoms with Crippen molar-refractivity contribution in [2.24, 2.45) is 0 Å². The number of hydrogen-bond donors (Lipinski definition) is 1. The maximum absolute atomic E-state index is 11.0. The zero-order valence-corrected chi connectivity index (χ0v) is 12.2. The minimum Gasteiger partial charge on any atom is -0.478 e. The van der Waals surface area contributed by atoms with Crippen LogP contribution in [-0.2, 0) is 0 Å². The highest BCUT2D eigenvalue weighted by Crippen LogP contribution is 2.29. The molecule has 0 saturated heterocycles. The molecule has 3 nitrogen and oxygen atoms in total. The Labute approximate surface area is 120 Å². The van der Waals surface area contributed by atoms with Crippen molar-refractivity contribution >= 4 is 21.9 Å². The molecule has 0 amide bonds. The Morgan fingerprint density at radius 2 is 1.84 bits per heavy atom. The summed E-state index contributed by atoms with van der Waals surface area (Å²) in [4.78, 5) is 11.0. The zero-order chi connectivity index (χ0) is 14.0. The highest BCUT2D eigenvalue weighted by molar-refractivity contribution is 9.10. The third kappa shape index (κ3) is 3.15. The summed E-state index contributed by atoms with van der Waals surface area (Å²) in [7, 11) is 0. The molecular weight excluding hydrogens is 308 g/mol. The molecule has 0 aliphatic rings. The number of aryl methyl sites for hydroxylation is 2. The van der Waals surface area contributed by atoms with E-state index in [4.69, 9.17) is 9.84 Å². The minimum atomic E-state index is -0.961. The molecule has 0 radical (unpaired) electrons. The summed E-state index contributed by atoms with van der Waals surface area (Å²) in [6.45, 7) is 3.85. The molecule has 2 rings (SSSR count). The van der Waals surface area contributed by atoms with Crippen molar-refractivity contribution < 1.29 is 14.6 Å². The van der Waals surface area contributed by atoms with Gasteiger partial charge < -0.3 is 9.84 Å². The van der Waals surface area contributed by atoms with Gasteiger partial charge in [0.25, 0.3) is 0 Å². The van der Waals surface area contributed by atoms with E-state index in [2.05, 4.69) is 15.9 Å². The lowest BCUT2D eigenvalue weighted by Crippen LogP contribution is -1.97. The first-order chi connectivity index (χ1) is 8.97.